The molecule has 124 valence electrons. The zero-order valence-electron chi connectivity index (χ0n) is 13.8. The summed E-state index contributed by atoms with van der Waals surface area (Å²) in [7, 11) is 0. The second kappa shape index (κ2) is 8.25. The maximum absolute atomic E-state index is 12.3. The molecule has 4 heteroatoms. The van der Waals surface area contributed by atoms with E-state index in [0.717, 1.165) is 37.4 Å². The van der Waals surface area contributed by atoms with Crippen molar-refractivity contribution in [1.82, 2.24) is 10.3 Å². The number of amides is 1. The topological polar surface area (TPSA) is 46.4 Å². The molecule has 2 N–H and O–H groups in total. The molecule has 1 saturated heterocycles. The van der Waals surface area contributed by atoms with Crippen LogP contribution in [0.3, 0.4) is 0 Å². The van der Waals surface area contributed by atoms with Gasteiger partial charge in [0.1, 0.15) is 0 Å². The van der Waals surface area contributed by atoms with Crippen LogP contribution in [-0.2, 0) is 11.3 Å². The molecule has 1 amide bonds. The lowest BCUT2D eigenvalue weighted by Gasteiger charge is -2.31. The van der Waals surface area contributed by atoms with Crippen molar-refractivity contribution in [1.29, 1.82) is 0 Å². The van der Waals surface area contributed by atoms with E-state index in [1.54, 1.807) is 11.1 Å². The van der Waals surface area contributed by atoms with Gasteiger partial charge < -0.3 is 10.2 Å². The fourth-order valence-electron chi connectivity index (χ4n) is 3.78. The molecule has 0 bridgehead atoms. The summed E-state index contributed by atoms with van der Waals surface area (Å²) in [4.78, 5) is 18.1. The van der Waals surface area contributed by atoms with Crippen molar-refractivity contribution in [2.45, 2.75) is 38.6 Å². The van der Waals surface area contributed by atoms with Crippen molar-refractivity contribution in [3.8, 4) is 0 Å². The molecule has 1 atom stereocenters. The lowest BCUT2D eigenvalue weighted by atomic mass is 9.91. The van der Waals surface area contributed by atoms with Gasteiger partial charge in [-0.05, 0) is 30.9 Å². The largest absolute Gasteiger partial charge is 0.352 e. The first-order chi connectivity index (χ1) is 11.3. The van der Waals surface area contributed by atoms with Crippen molar-refractivity contribution in [3.05, 3.63) is 42.2 Å². The molecule has 0 radical (unpaired) electrons. The molecule has 0 aromatic carbocycles. The quantitative estimate of drug-likeness (QED) is 0.806. The van der Waals surface area contributed by atoms with E-state index >= 15 is 0 Å². The van der Waals surface area contributed by atoms with Gasteiger partial charge in [0.05, 0.1) is 19.6 Å². The lowest BCUT2D eigenvalue weighted by Crippen LogP contribution is -3.13. The van der Waals surface area contributed by atoms with Gasteiger partial charge in [-0.2, -0.15) is 0 Å². The number of hydrogen-bond donors (Lipinski definition) is 2. The van der Waals surface area contributed by atoms with Crippen LogP contribution in [0, 0.1) is 11.8 Å². The van der Waals surface area contributed by atoms with Crippen LogP contribution in [0.1, 0.15) is 37.7 Å². The van der Waals surface area contributed by atoms with Gasteiger partial charge in [-0.25, -0.2) is 0 Å². The Hall–Kier alpha value is -1.68. The summed E-state index contributed by atoms with van der Waals surface area (Å²) >= 11 is 0. The van der Waals surface area contributed by atoms with Crippen LogP contribution in [0.2, 0.25) is 0 Å². The highest BCUT2D eigenvalue weighted by Gasteiger charge is 2.28. The van der Waals surface area contributed by atoms with Crippen molar-refractivity contribution in [2.24, 2.45) is 11.8 Å². The van der Waals surface area contributed by atoms with Gasteiger partial charge in [0, 0.05) is 43.6 Å². The number of allylic oxidation sites excluding steroid dienone is 2. The Morgan fingerprint density at radius 1 is 1.26 bits per heavy atom. The summed E-state index contributed by atoms with van der Waals surface area (Å²) in [5, 5.41) is 3.07. The Bertz CT molecular complexity index is 521. The van der Waals surface area contributed by atoms with Gasteiger partial charge in [0.2, 0.25) is 5.91 Å². The monoisotopic (exact) mass is 314 g/mol. The van der Waals surface area contributed by atoms with Crippen LogP contribution in [0.5, 0.6) is 0 Å². The molecule has 1 aromatic heterocycles. The average Bonchev–Trinajstić information content (AvgIpc) is 2.62. The number of likely N-dealkylation sites (tertiary alicyclic amines) is 1. The van der Waals surface area contributed by atoms with Gasteiger partial charge in [-0.3, -0.25) is 9.78 Å². The molecule has 3 rings (SSSR count). The third-order valence-electron chi connectivity index (χ3n) is 5.21. The third-order valence-corrected chi connectivity index (χ3v) is 5.21. The fraction of sp³-hybridized carbons (Fsp3) is 0.579. The molecule has 1 aliphatic carbocycles. The van der Waals surface area contributed by atoms with Gasteiger partial charge >= 0.3 is 0 Å². The van der Waals surface area contributed by atoms with Crippen LogP contribution in [-0.4, -0.2) is 30.5 Å². The Labute approximate surface area is 139 Å². The van der Waals surface area contributed by atoms with Crippen LogP contribution in [0.25, 0.3) is 0 Å². The number of aromatic nitrogens is 1. The van der Waals surface area contributed by atoms with Crippen molar-refractivity contribution >= 4 is 5.91 Å². The van der Waals surface area contributed by atoms with E-state index in [4.69, 9.17) is 0 Å². The molecular formula is C19H28N3O+. The normalized spacial score (nSPS) is 27.6. The van der Waals surface area contributed by atoms with E-state index < -0.39 is 0 Å². The standard InChI is InChI=1S/C19H27N3O/c23-19(21-14-17-7-4-10-20-13-17)18-8-11-22(12-9-18)15-16-5-2-1-3-6-16/h1-2,4,7,10,13,16,18H,3,5-6,8-9,11-12,14-15H2,(H,21,23)/p+1/t16-/m0/s1. The first-order valence-electron chi connectivity index (χ1n) is 8.96. The maximum atomic E-state index is 12.3. The number of rotatable bonds is 5. The van der Waals surface area contributed by atoms with E-state index in [0.29, 0.717) is 6.54 Å². The smallest absolute Gasteiger partial charge is 0.223 e. The Balaban J connectivity index is 1.38. The Morgan fingerprint density at radius 3 is 2.83 bits per heavy atom. The summed E-state index contributed by atoms with van der Waals surface area (Å²) in [5.41, 5.74) is 1.06. The second-order valence-electron chi connectivity index (χ2n) is 6.96. The Morgan fingerprint density at radius 2 is 2.13 bits per heavy atom. The summed E-state index contributed by atoms with van der Waals surface area (Å²) in [5.74, 6) is 1.26. The van der Waals surface area contributed by atoms with Crippen LogP contribution in [0.15, 0.2) is 36.7 Å². The number of quaternary nitrogens is 1. The van der Waals surface area contributed by atoms with E-state index in [1.807, 2.05) is 18.3 Å². The summed E-state index contributed by atoms with van der Waals surface area (Å²) < 4.78 is 0. The third kappa shape index (κ3) is 4.90. The van der Waals surface area contributed by atoms with E-state index in [9.17, 15) is 4.79 Å². The Kier molecular flexibility index (Phi) is 5.81. The predicted octanol–water partition coefficient (Wildman–Crippen LogP) is 1.35. The summed E-state index contributed by atoms with van der Waals surface area (Å²) in [6.07, 6.45) is 14.1. The number of hydrogen-bond acceptors (Lipinski definition) is 2. The number of carbonyl (C=O) groups excluding carboxylic acids is 1. The maximum Gasteiger partial charge on any atom is 0.223 e. The highest BCUT2D eigenvalue weighted by molar-refractivity contribution is 5.78. The van der Waals surface area contributed by atoms with Crippen molar-refractivity contribution in [2.75, 3.05) is 19.6 Å². The number of pyridine rings is 1. The van der Waals surface area contributed by atoms with Gasteiger partial charge in [-0.15, -0.1) is 0 Å². The molecule has 2 aliphatic rings. The number of carbonyl (C=O) groups is 1. The molecule has 0 spiro atoms. The van der Waals surface area contributed by atoms with Crippen molar-refractivity contribution < 1.29 is 9.69 Å². The van der Waals surface area contributed by atoms with E-state index in [-0.39, 0.29) is 11.8 Å². The molecule has 4 nitrogen and oxygen atoms in total. The molecule has 0 unspecified atom stereocenters. The van der Waals surface area contributed by atoms with Gasteiger partial charge in [0.15, 0.2) is 0 Å². The first kappa shape index (κ1) is 16.2. The molecule has 2 heterocycles. The molecule has 1 fully saturated rings. The minimum Gasteiger partial charge on any atom is -0.352 e. The number of nitrogens with one attached hydrogen (secondary N) is 2. The fourth-order valence-corrected chi connectivity index (χ4v) is 3.78. The number of nitrogens with zero attached hydrogens (tertiary/aromatic N) is 1. The second-order valence-corrected chi connectivity index (χ2v) is 6.96. The van der Waals surface area contributed by atoms with Gasteiger partial charge in [0.25, 0.3) is 0 Å². The zero-order valence-corrected chi connectivity index (χ0v) is 13.8. The first-order valence-corrected chi connectivity index (χ1v) is 8.96. The lowest BCUT2D eigenvalue weighted by molar-refractivity contribution is -0.909. The zero-order chi connectivity index (χ0) is 15.9. The van der Waals surface area contributed by atoms with Gasteiger partial charge in [-0.1, -0.05) is 18.2 Å². The van der Waals surface area contributed by atoms with Crippen LogP contribution < -0.4 is 10.2 Å². The predicted molar refractivity (Wildman–Crippen MR) is 90.9 cm³/mol. The highest BCUT2D eigenvalue weighted by atomic mass is 16.1. The molecule has 23 heavy (non-hydrogen) atoms. The van der Waals surface area contributed by atoms with Crippen LogP contribution in [0.4, 0.5) is 0 Å². The number of piperidine rings is 1. The molecular weight excluding hydrogens is 286 g/mol. The summed E-state index contributed by atoms with van der Waals surface area (Å²) in [6, 6.07) is 3.91. The van der Waals surface area contributed by atoms with E-state index in [1.165, 1.54) is 25.8 Å². The summed E-state index contributed by atoms with van der Waals surface area (Å²) in [6.45, 7) is 4.17. The molecule has 1 aromatic rings. The SMILES string of the molecule is O=C(NCc1cccnc1)C1CC[NH+](C[C@H]2CC=CCC2)CC1. The average molecular weight is 314 g/mol. The molecule has 1 aliphatic heterocycles. The minimum absolute atomic E-state index is 0.196. The van der Waals surface area contributed by atoms with Crippen molar-refractivity contribution in [3.63, 3.8) is 0 Å². The van der Waals surface area contributed by atoms with E-state index in [2.05, 4.69) is 22.5 Å². The minimum atomic E-state index is 0.196. The highest BCUT2D eigenvalue weighted by Crippen LogP contribution is 2.17. The molecule has 0 saturated carbocycles. The van der Waals surface area contributed by atoms with Crippen LogP contribution >= 0.6 is 0 Å².